The maximum atomic E-state index is 4.33. The number of nitrogens with zero attached hydrogens (tertiary/aromatic N) is 1. The molecule has 2 aromatic rings. The van der Waals surface area contributed by atoms with Gasteiger partial charge in [-0.3, -0.25) is 0 Å². The van der Waals surface area contributed by atoms with E-state index in [9.17, 15) is 0 Å². The van der Waals surface area contributed by atoms with Crippen LogP contribution in [-0.4, -0.2) is 16.5 Å². The first kappa shape index (κ1) is 10.9. The van der Waals surface area contributed by atoms with Gasteiger partial charge in [0.05, 0.1) is 18.4 Å². The lowest BCUT2D eigenvalue weighted by atomic mass is 10.1. The van der Waals surface area contributed by atoms with Crippen molar-refractivity contribution in [2.45, 2.75) is 20.4 Å². The Balaban J connectivity index is 2.15. The SMILES string of the molecule is CCNCc1ncc(-c2ccc(C)cc2)[nH]1. The first-order chi connectivity index (χ1) is 7.79. The number of aromatic nitrogens is 2. The van der Waals surface area contributed by atoms with Gasteiger partial charge < -0.3 is 10.3 Å². The van der Waals surface area contributed by atoms with Crippen LogP contribution >= 0.6 is 0 Å². The first-order valence-corrected chi connectivity index (χ1v) is 5.61. The summed E-state index contributed by atoms with van der Waals surface area (Å²) in [6, 6.07) is 8.44. The molecule has 0 aliphatic carbocycles. The second-order valence-corrected chi connectivity index (χ2v) is 3.89. The number of rotatable bonds is 4. The summed E-state index contributed by atoms with van der Waals surface area (Å²) in [4.78, 5) is 7.64. The quantitative estimate of drug-likeness (QED) is 0.822. The molecule has 3 nitrogen and oxygen atoms in total. The van der Waals surface area contributed by atoms with E-state index in [4.69, 9.17) is 0 Å². The topological polar surface area (TPSA) is 40.7 Å². The first-order valence-electron chi connectivity index (χ1n) is 5.61. The highest BCUT2D eigenvalue weighted by atomic mass is 15.0. The van der Waals surface area contributed by atoms with Crippen LogP contribution in [-0.2, 0) is 6.54 Å². The van der Waals surface area contributed by atoms with Crippen LogP contribution in [0.5, 0.6) is 0 Å². The second-order valence-electron chi connectivity index (χ2n) is 3.89. The standard InChI is InChI=1S/C13H17N3/c1-3-14-9-13-15-8-12(16-13)11-6-4-10(2)5-7-11/h4-8,14H,3,9H2,1-2H3,(H,15,16). The maximum Gasteiger partial charge on any atom is 0.120 e. The Morgan fingerprint density at radius 3 is 2.69 bits per heavy atom. The third-order valence-corrected chi connectivity index (χ3v) is 2.53. The minimum absolute atomic E-state index is 0.794. The number of hydrogen-bond acceptors (Lipinski definition) is 2. The van der Waals surface area contributed by atoms with Gasteiger partial charge in [0.2, 0.25) is 0 Å². The van der Waals surface area contributed by atoms with E-state index in [2.05, 4.69) is 53.4 Å². The molecule has 0 amide bonds. The molecule has 0 atom stereocenters. The molecule has 1 aromatic heterocycles. The van der Waals surface area contributed by atoms with Crippen LogP contribution in [0, 0.1) is 6.92 Å². The summed E-state index contributed by atoms with van der Waals surface area (Å²) in [6.07, 6.45) is 1.89. The zero-order valence-corrected chi connectivity index (χ0v) is 9.75. The minimum atomic E-state index is 0.794. The Labute approximate surface area is 95.9 Å². The highest BCUT2D eigenvalue weighted by molar-refractivity contribution is 5.58. The minimum Gasteiger partial charge on any atom is -0.341 e. The van der Waals surface area contributed by atoms with Crippen molar-refractivity contribution in [3.8, 4) is 11.3 Å². The molecule has 0 saturated carbocycles. The highest BCUT2D eigenvalue weighted by Crippen LogP contribution is 2.17. The molecule has 0 fully saturated rings. The molecule has 0 spiro atoms. The molecule has 3 heteroatoms. The van der Waals surface area contributed by atoms with Crippen LogP contribution in [0.1, 0.15) is 18.3 Å². The Kier molecular flexibility index (Phi) is 3.37. The molecular weight excluding hydrogens is 198 g/mol. The maximum absolute atomic E-state index is 4.33. The van der Waals surface area contributed by atoms with Gasteiger partial charge in [-0.1, -0.05) is 36.8 Å². The van der Waals surface area contributed by atoms with Crippen molar-refractivity contribution >= 4 is 0 Å². The van der Waals surface area contributed by atoms with Crippen LogP contribution in [0.3, 0.4) is 0 Å². The number of benzene rings is 1. The molecule has 0 bridgehead atoms. The smallest absolute Gasteiger partial charge is 0.120 e. The van der Waals surface area contributed by atoms with E-state index in [0.717, 1.165) is 24.6 Å². The number of imidazole rings is 1. The van der Waals surface area contributed by atoms with Crippen molar-refractivity contribution in [1.29, 1.82) is 0 Å². The zero-order valence-electron chi connectivity index (χ0n) is 9.75. The summed E-state index contributed by atoms with van der Waals surface area (Å²) < 4.78 is 0. The van der Waals surface area contributed by atoms with Crippen LogP contribution in [0.15, 0.2) is 30.5 Å². The van der Waals surface area contributed by atoms with Gasteiger partial charge in [-0.2, -0.15) is 0 Å². The Bertz CT molecular complexity index is 442. The zero-order chi connectivity index (χ0) is 11.4. The van der Waals surface area contributed by atoms with Crippen molar-refractivity contribution < 1.29 is 0 Å². The molecule has 1 heterocycles. The van der Waals surface area contributed by atoms with Gasteiger partial charge in [0, 0.05) is 0 Å². The summed E-state index contributed by atoms with van der Waals surface area (Å²) in [5, 5.41) is 3.24. The van der Waals surface area contributed by atoms with Crippen molar-refractivity contribution in [2.75, 3.05) is 6.54 Å². The third kappa shape index (κ3) is 2.49. The number of aryl methyl sites for hydroxylation is 1. The number of aromatic amines is 1. The lowest BCUT2D eigenvalue weighted by Gasteiger charge is -1.99. The summed E-state index contributed by atoms with van der Waals surface area (Å²) in [5.41, 5.74) is 3.53. The van der Waals surface area contributed by atoms with E-state index >= 15 is 0 Å². The van der Waals surface area contributed by atoms with Crippen molar-refractivity contribution in [1.82, 2.24) is 15.3 Å². The number of hydrogen-bond donors (Lipinski definition) is 2. The average molecular weight is 215 g/mol. The molecule has 0 aliphatic heterocycles. The molecule has 84 valence electrons. The Morgan fingerprint density at radius 1 is 1.25 bits per heavy atom. The molecule has 1 aromatic carbocycles. The number of nitrogens with one attached hydrogen (secondary N) is 2. The lowest BCUT2D eigenvalue weighted by Crippen LogP contribution is -2.12. The van der Waals surface area contributed by atoms with E-state index in [1.807, 2.05) is 6.20 Å². The Morgan fingerprint density at radius 2 is 2.00 bits per heavy atom. The monoisotopic (exact) mass is 215 g/mol. The molecule has 0 radical (unpaired) electrons. The van der Waals surface area contributed by atoms with Gasteiger partial charge in [0.15, 0.2) is 0 Å². The molecule has 2 rings (SSSR count). The van der Waals surface area contributed by atoms with Gasteiger partial charge in [0.25, 0.3) is 0 Å². The fourth-order valence-corrected chi connectivity index (χ4v) is 1.58. The predicted octanol–water partition coefficient (Wildman–Crippen LogP) is 2.49. The molecule has 0 unspecified atom stereocenters. The van der Waals surface area contributed by atoms with E-state index < -0.39 is 0 Å². The van der Waals surface area contributed by atoms with Crippen molar-refractivity contribution in [3.63, 3.8) is 0 Å². The van der Waals surface area contributed by atoms with Crippen molar-refractivity contribution in [2.24, 2.45) is 0 Å². The third-order valence-electron chi connectivity index (χ3n) is 2.53. The van der Waals surface area contributed by atoms with Crippen LogP contribution in [0.2, 0.25) is 0 Å². The summed E-state index contributed by atoms with van der Waals surface area (Å²) in [6.45, 7) is 5.93. The predicted molar refractivity (Wildman–Crippen MR) is 66.1 cm³/mol. The van der Waals surface area contributed by atoms with Crippen molar-refractivity contribution in [3.05, 3.63) is 41.9 Å². The highest BCUT2D eigenvalue weighted by Gasteiger charge is 2.02. The Hall–Kier alpha value is -1.61. The van der Waals surface area contributed by atoms with Gasteiger partial charge in [-0.05, 0) is 19.0 Å². The lowest BCUT2D eigenvalue weighted by molar-refractivity contribution is 0.698. The largest absolute Gasteiger partial charge is 0.341 e. The summed E-state index contributed by atoms with van der Waals surface area (Å²) >= 11 is 0. The molecule has 2 N–H and O–H groups in total. The average Bonchev–Trinajstić information content (AvgIpc) is 2.76. The van der Waals surface area contributed by atoms with Crippen LogP contribution < -0.4 is 5.32 Å². The summed E-state index contributed by atoms with van der Waals surface area (Å²) in [5.74, 6) is 0.984. The fraction of sp³-hybridized carbons (Fsp3) is 0.308. The second kappa shape index (κ2) is 4.94. The van der Waals surface area contributed by atoms with Gasteiger partial charge >= 0.3 is 0 Å². The van der Waals surface area contributed by atoms with Gasteiger partial charge in [-0.15, -0.1) is 0 Å². The molecule has 16 heavy (non-hydrogen) atoms. The molecule has 0 aliphatic rings. The molecular formula is C13H17N3. The van der Waals surface area contributed by atoms with E-state index in [1.165, 1.54) is 11.1 Å². The molecule has 0 saturated heterocycles. The summed E-state index contributed by atoms with van der Waals surface area (Å²) in [7, 11) is 0. The van der Waals surface area contributed by atoms with Crippen LogP contribution in [0.4, 0.5) is 0 Å². The van der Waals surface area contributed by atoms with E-state index in [0.29, 0.717) is 0 Å². The van der Waals surface area contributed by atoms with E-state index in [1.54, 1.807) is 0 Å². The van der Waals surface area contributed by atoms with Crippen LogP contribution in [0.25, 0.3) is 11.3 Å². The van der Waals surface area contributed by atoms with Gasteiger partial charge in [-0.25, -0.2) is 4.98 Å². The van der Waals surface area contributed by atoms with Gasteiger partial charge in [0.1, 0.15) is 5.82 Å². The normalized spacial score (nSPS) is 10.6. The number of H-pyrrole nitrogens is 1. The van der Waals surface area contributed by atoms with E-state index in [-0.39, 0.29) is 0 Å². The fourth-order valence-electron chi connectivity index (χ4n) is 1.58.